The summed E-state index contributed by atoms with van der Waals surface area (Å²) in [5.74, 6) is 0. The molecule has 182 valence electrons. The summed E-state index contributed by atoms with van der Waals surface area (Å²) >= 11 is 0. The summed E-state index contributed by atoms with van der Waals surface area (Å²) in [5, 5.41) is -3.48. The number of furan rings is 1. The summed E-state index contributed by atoms with van der Waals surface area (Å²) in [4.78, 5) is 0. The molecule has 0 saturated heterocycles. The Hall–Kier alpha value is -5.14. The lowest BCUT2D eigenvalue weighted by Crippen LogP contribution is -1.92. The van der Waals surface area contributed by atoms with Crippen LogP contribution in [0.1, 0.15) is 31.5 Å². The summed E-state index contributed by atoms with van der Waals surface area (Å²) in [5.41, 5.74) is -5.00. The van der Waals surface area contributed by atoms with Crippen LogP contribution in [-0.4, -0.2) is 0 Å². The predicted octanol–water partition coefficient (Wildman–Crippen LogP) is 10.9. The third kappa shape index (κ3) is 3.41. The van der Waals surface area contributed by atoms with Crippen LogP contribution in [0.5, 0.6) is 0 Å². The van der Waals surface area contributed by atoms with E-state index in [1.807, 2.05) is 0 Å². The van der Waals surface area contributed by atoms with Crippen LogP contribution >= 0.6 is 0 Å². The maximum Gasteiger partial charge on any atom is 0.135 e. The van der Waals surface area contributed by atoms with Gasteiger partial charge in [0.1, 0.15) is 11.2 Å². The fourth-order valence-electron chi connectivity index (χ4n) is 4.66. The Bertz CT molecular complexity index is 3330. The van der Waals surface area contributed by atoms with E-state index in [9.17, 15) is 9.60 Å². The number of hydrogen-bond donors (Lipinski definition) is 0. The lowest BCUT2D eigenvalue weighted by molar-refractivity contribution is 0.669. The Morgan fingerprint density at radius 1 is 0.385 bits per heavy atom. The first-order chi connectivity index (χ1) is 28.9. The van der Waals surface area contributed by atoms with E-state index in [2.05, 4.69) is 0 Å². The highest BCUT2D eigenvalue weighted by atomic mass is 16.3. The SMILES string of the molecule is [2H]c1cc([2H])c(-c2c([2H])c([2H])c([2H])c([2H])c2[2H])c(-c2c3c([2H])c([2H])c([2H])c([2H])c3c(-c3c([2H])c([2H])c4oc5c([2H])c([2H])c([2H])c([2H])c5c4c3[2H])c3c([2H])c([2H])c([2H])c([2H])c23)c1[2H]. The van der Waals surface area contributed by atoms with Gasteiger partial charge in [0.05, 0.1) is 31.5 Å². The van der Waals surface area contributed by atoms with Gasteiger partial charge in [0.25, 0.3) is 0 Å². The van der Waals surface area contributed by atoms with Gasteiger partial charge in [-0.25, -0.2) is 0 Å². The van der Waals surface area contributed by atoms with Crippen LogP contribution in [0, 0.1) is 0 Å². The van der Waals surface area contributed by atoms with Crippen LogP contribution in [0.15, 0.2) is 149 Å². The lowest BCUT2D eigenvalue weighted by atomic mass is 9.83. The summed E-state index contributed by atoms with van der Waals surface area (Å²) in [6, 6.07) is -18.6. The Morgan fingerprint density at radius 3 is 1.69 bits per heavy atom. The second-order valence-corrected chi connectivity index (χ2v) is 8.32. The molecule has 39 heavy (non-hydrogen) atoms. The maximum atomic E-state index is 9.58. The fourth-order valence-corrected chi connectivity index (χ4v) is 4.66. The molecule has 0 amide bonds. The normalized spacial score (nSPS) is 19.8. The molecular formula is C38H24O. The molecule has 0 fully saturated rings. The lowest BCUT2D eigenvalue weighted by Gasteiger charge is -2.19. The minimum Gasteiger partial charge on any atom is -0.456 e. The predicted molar refractivity (Wildman–Crippen MR) is 165 cm³/mol. The van der Waals surface area contributed by atoms with Crippen molar-refractivity contribution < 1.29 is 35.9 Å². The molecule has 0 aliphatic carbocycles. The van der Waals surface area contributed by atoms with Crippen LogP contribution in [0.25, 0.3) is 76.9 Å². The molecule has 8 rings (SSSR count). The first kappa shape index (κ1) is 8.97. The van der Waals surface area contributed by atoms with Crippen molar-refractivity contribution >= 4 is 43.5 Å². The highest BCUT2D eigenvalue weighted by Crippen LogP contribution is 2.46. The first-order valence-electron chi connectivity index (χ1n) is 23.0. The van der Waals surface area contributed by atoms with Gasteiger partial charge in [0.2, 0.25) is 0 Å². The topological polar surface area (TPSA) is 13.1 Å². The Labute approximate surface area is 258 Å². The van der Waals surface area contributed by atoms with E-state index in [4.69, 9.17) is 26.3 Å². The van der Waals surface area contributed by atoms with E-state index in [1.54, 1.807) is 0 Å². The quantitative estimate of drug-likeness (QED) is 0.212. The van der Waals surface area contributed by atoms with Crippen LogP contribution in [0.2, 0.25) is 0 Å². The van der Waals surface area contributed by atoms with E-state index < -0.39 is 216 Å². The molecule has 0 spiro atoms. The number of fused-ring (bicyclic) bond motifs is 5. The largest absolute Gasteiger partial charge is 0.456 e. The minimum atomic E-state index is -0.940. The van der Waals surface area contributed by atoms with Gasteiger partial charge in [0.15, 0.2) is 0 Å². The van der Waals surface area contributed by atoms with Gasteiger partial charge in [-0.15, -0.1) is 0 Å². The third-order valence-corrected chi connectivity index (χ3v) is 6.25. The highest BCUT2D eigenvalue weighted by molar-refractivity contribution is 6.23. The minimum absolute atomic E-state index is 0.392. The Balaban J connectivity index is 1.76. The Morgan fingerprint density at radius 2 is 0.974 bits per heavy atom. The second kappa shape index (κ2) is 8.72. The van der Waals surface area contributed by atoms with Crippen molar-refractivity contribution in [2.45, 2.75) is 0 Å². The van der Waals surface area contributed by atoms with Crippen molar-refractivity contribution in [3.05, 3.63) is 145 Å². The molecule has 8 aromatic rings. The van der Waals surface area contributed by atoms with E-state index in [1.165, 1.54) is 0 Å². The molecule has 1 heteroatoms. The number of hydrogen-bond acceptors (Lipinski definition) is 1. The van der Waals surface area contributed by atoms with Gasteiger partial charge in [-0.05, 0) is 73.1 Å². The summed E-state index contributed by atoms with van der Waals surface area (Å²) in [6.07, 6.45) is 0. The van der Waals surface area contributed by atoms with Gasteiger partial charge < -0.3 is 4.42 Å². The van der Waals surface area contributed by atoms with Crippen molar-refractivity contribution in [2.75, 3.05) is 0 Å². The zero-order valence-electron chi connectivity index (χ0n) is 42.5. The molecule has 0 N–H and O–H groups in total. The monoisotopic (exact) mass is 519 g/mol. The van der Waals surface area contributed by atoms with Crippen molar-refractivity contribution in [3.8, 4) is 33.4 Å². The Kier molecular flexibility index (Phi) is 2.00. The molecule has 0 aliphatic rings. The summed E-state index contributed by atoms with van der Waals surface area (Å²) in [6.45, 7) is 0. The molecule has 1 aromatic heterocycles. The van der Waals surface area contributed by atoms with Gasteiger partial charge in [-0.2, -0.15) is 0 Å². The van der Waals surface area contributed by atoms with Crippen molar-refractivity contribution in [2.24, 2.45) is 0 Å². The molecule has 1 nitrogen and oxygen atoms in total. The molecule has 0 atom stereocenters. The van der Waals surface area contributed by atoms with Crippen molar-refractivity contribution in [1.29, 1.82) is 0 Å². The van der Waals surface area contributed by atoms with Crippen LogP contribution in [-0.2, 0) is 0 Å². The molecular weight excluding hydrogens is 472 g/mol. The number of benzene rings is 7. The van der Waals surface area contributed by atoms with Crippen LogP contribution in [0.4, 0.5) is 0 Å². The van der Waals surface area contributed by atoms with Gasteiger partial charge in [-0.3, -0.25) is 0 Å². The summed E-state index contributed by atoms with van der Waals surface area (Å²) < 4.78 is 209. The third-order valence-electron chi connectivity index (χ3n) is 6.25. The highest BCUT2D eigenvalue weighted by Gasteiger charge is 2.19. The van der Waals surface area contributed by atoms with Gasteiger partial charge in [-0.1, -0.05) is 127 Å². The van der Waals surface area contributed by atoms with E-state index >= 15 is 0 Å². The molecule has 0 saturated carbocycles. The summed E-state index contributed by atoms with van der Waals surface area (Å²) in [7, 11) is 0. The molecule has 7 aromatic carbocycles. The first-order valence-corrected chi connectivity index (χ1v) is 11.5. The maximum absolute atomic E-state index is 9.58. The zero-order valence-corrected chi connectivity index (χ0v) is 19.5. The van der Waals surface area contributed by atoms with Crippen LogP contribution < -0.4 is 0 Å². The fraction of sp³-hybridized carbons (Fsp3) is 0. The average molecular weight is 520 g/mol. The van der Waals surface area contributed by atoms with E-state index in [-0.39, 0.29) is 0 Å². The van der Waals surface area contributed by atoms with E-state index in [0.717, 1.165) is 6.07 Å². The zero-order chi connectivity index (χ0) is 45.8. The molecule has 0 unspecified atom stereocenters. The number of para-hydroxylation sites is 1. The second-order valence-electron chi connectivity index (χ2n) is 8.32. The van der Waals surface area contributed by atoms with Gasteiger partial charge in [0, 0.05) is 10.8 Å². The number of rotatable bonds is 3. The molecule has 0 bridgehead atoms. The van der Waals surface area contributed by atoms with Gasteiger partial charge >= 0.3 is 0 Å². The molecule has 0 aliphatic heterocycles. The average Bonchev–Trinajstić information content (AvgIpc) is 3.65. The standard InChI is InChI=1S/C38H24O/c1-2-12-25(13-3-1)27-14-4-5-16-29(27)38-32-19-8-6-17-30(32)37(31-18-7-9-20-33(31)38)26-22-23-36-34(24-26)28-15-10-11-21-35(28)39-36/h1-24H/i1D,2D,3D,5D,6D,7D,8D,9D,10D,11D,12D,13D,14D,15D,16D,17D,18D,19D,20D,21D,22D,23D,24D. The van der Waals surface area contributed by atoms with Crippen molar-refractivity contribution in [1.82, 2.24) is 0 Å². The van der Waals surface area contributed by atoms with Crippen LogP contribution in [0.3, 0.4) is 0 Å². The molecule has 0 radical (unpaired) electrons. The smallest absolute Gasteiger partial charge is 0.135 e. The van der Waals surface area contributed by atoms with E-state index in [0.29, 0.717) is 0 Å². The molecule has 1 heterocycles. The van der Waals surface area contributed by atoms with Crippen molar-refractivity contribution in [3.63, 3.8) is 0 Å².